The van der Waals surface area contributed by atoms with Crippen molar-refractivity contribution in [2.75, 3.05) is 33.2 Å². The third kappa shape index (κ3) is 9.91. The van der Waals surface area contributed by atoms with E-state index in [2.05, 4.69) is 9.97 Å². The fraction of sp³-hybridized carbons (Fsp3) is 0.243. The normalized spacial score (nSPS) is 16.0. The Balaban J connectivity index is 1.49. The van der Waals surface area contributed by atoms with E-state index in [1.807, 2.05) is 0 Å². The zero-order valence-electron chi connectivity index (χ0n) is 32.2. The second-order valence-electron chi connectivity index (χ2n) is 13.7. The molecular weight excluding hydrogens is 859 g/mol. The van der Waals surface area contributed by atoms with Gasteiger partial charge < -0.3 is 4.90 Å². The summed E-state index contributed by atoms with van der Waals surface area (Å²) in [6.07, 6.45) is 0. The van der Waals surface area contributed by atoms with Gasteiger partial charge in [0.2, 0.25) is 20.0 Å². The summed E-state index contributed by atoms with van der Waals surface area (Å²) in [4.78, 5) is 42.3. The Bertz CT molecular complexity index is 2680. The largest absolute Gasteiger partial charge is 0.304 e. The van der Waals surface area contributed by atoms with Gasteiger partial charge in [-0.15, -0.1) is 0 Å². The van der Waals surface area contributed by atoms with E-state index in [-0.39, 0.29) is 49.0 Å². The molecule has 61 heavy (non-hydrogen) atoms. The van der Waals surface area contributed by atoms with E-state index < -0.39 is 103 Å². The first kappa shape index (κ1) is 44.4. The molecule has 0 amide bonds. The van der Waals surface area contributed by atoms with E-state index in [4.69, 9.17) is 0 Å². The van der Waals surface area contributed by atoms with Crippen LogP contribution in [-0.4, -0.2) is 101 Å². The molecule has 3 heterocycles. The number of likely N-dealkylation sites (N-methyl/N-ethyl adjacent to an activating group) is 1. The average molecular weight is 896 g/mol. The van der Waals surface area contributed by atoms with E-state index in [0.717, 1.165) is 49.3 Å². The molecule has 5 aromatic rings. The molecular formula is C37H37N9O12S3. The zero-order valence-corrected chi connectivity index (χ0v) is 34.6. The number of benzene rings is 3. The van der Waals surface area contributed by atoms with Crippen LogP contribution in [0.4, 0.5) is 17.1 Å². The van der Waals surface area contributed by atoms with Gasteiger partial charge in [0, 0.05) is 44.4 Å². The molecule has 0 saturated carbocycles. The van der Waals surface area contributed by atoms with Crippen LogP contribution in [0.25, 0.3) is 0 Å². The number of nitro groups is 3. The number of nitro benzene ring substituents is 3. The monoisotopic (exact) mass is 895 g/mol. The molecule has 24 heteroatoms. The topological polar surface area (TPSA) is 271 Å². The highest BCUT2D eigenvalue weighted by Gasteiger charge is 2.36. The minimum atomic E-state index is -4.73. The number of aromatic nitrogens is 2. The Morgan fingerprint density at radius 2 is 0.705 bits per heavy atom. The molecule has 1 aliphatic rings. The van der Waals surface area contributed by atoms with Crippen molar-refractivity contribution in [2.24, 2.45) is 0 Å². The van der Waals surface area contributed by atoms with Gasteiger partial charge in [-0.3, -0.25) is 40.3 Å². The van der Waals surface area contributed by atoms with Crippen LogP contribution in [-0.2, 0) is 56.2 Å². The summed E-state index contributed by atoms with van der Waals surface area (Å²) in [5.41, 5.74) is -1.64. The van der Waals surface area contributed by atoms with Gasteiger partial charge in [-0.25, -0.2) is 25.3 Å². The summed E-state index contributed by atoms with van der Waals surface area (Å²) in [5, 5.41) is 35.9. The fourth-order valence-corrected chi connectivity index (χ4v) is 11.2. The van der Waals surface area contributed by atoms with Crippen molar-refractivity contribution in [3.63, 3.8) is 0 Å². The van der Waals surface area contributed by atoms with E-state index in [9.17, 15) is 55.6 Å². The minimum absolute atomic E-state index is 0.0471. The predicted molar refractivity (Wildman–Crippen MR) is 217 cm³/mol. The third-order valence-corrected chi connectivity index (χ3v) is 15.2. The lowest BCUT2D eigenvalue weighted by atomic mass is 10.2. The number of para-hydroxylation sites is 3. The molecule has 4 bridgehead atoms. The van der Waals surface area contributed by atoms with Crippen molar-refractivity contribution in [1.82, 2.24) is 27.8 Å². The van der Waals surface area contributed by atoms with Crippen molar-refractivity contribution in [3.05, 3.63) is 162 Å². The van der Waals surface area contributed by atoms with Crippen molar-refractivity contribution in [1.29, 1.82) is 0 Å². The Kier molecular flexibility index (Phi) is 13.3. The first-order valence-electron chi connectivity index (χ1n) is 18.2. The first-order chi connectivity index (χ1) is 28.9. The lowest BCUT2D eigenvalue weighted by Gasteiger charge is -2.28. The van der Waals surface area contributed by atoms with Crippen molar-refractivity contribution < 1.29 is 40.0 Å². The van der Waals surface area contributed by atoms with Crippen LogP contribution < -0.4 is 0 Å². The van der Waals surface area contributed by atoms with E-state index in [1.165, 1.54) is 72.8 Å². The molecule has 0 aliphatic carbocycles. The van der Waals surface area contributed by atoms with Gasteiger partial charge in [-0.05, 0) is 49.5 Å². The highest BCUT2D eigenvalue weighted by molar-refractivity contribution is 7.89. The SMILES string of the molecule is CN1CCN(S(=O)(=O)c2ccccc2[N+](=O)[O-])Cc2cccc(n2)CN(S(=O)(=O)c2ccccc2[N+](=O)[O-])Cc2cccc(n2)CN(S(=O)(=O)c2ccccc2[N+](=O)[O-])CC1. The summed E-state index contributed by atoms with van der Waals surface area (Å²) in [5.74, 6) is 0. The smallest absolute Gasteiger partial charge is 0.289 e. The van der Waals surface area contributed by atoms with E-state index in [1.54, 1.807) is 11.9 Å². The number of rotatable bonds is 9. The molecule has 0 atom stereocenters. The summed E-state index contributed by atoms with van der Waals surface area (Å²) in [6, 6.07) is 23.2. The molecule has 2 aromatic heterocycles. The molecule has 0 unspecified atom stereocenters. The molecule has 1 aliphatic heterocycles. The van der Waals surface area contributed by atoms with Crippen molar-refractivity contribution >= 4 is 47.1 Å². The summed E-state index contributed by atoms with van der Waals surface area (Å²) < 4.78 is 88.7. The molecule has 0 N–H and O–H groups in total. The van der Waals surface area contributed by atoms with Gasteiger partial charge in [0.25, 0.3) is 27.1 Å². The maximum Gasteiger partial charge on any atom is 0.289 e. The van der Waals surface area contributed by atoms with Crippen LogP contribution in [0.15, 0.2) is 124 Å². The lowest BCUT2D eigenvalue weighted by molar-refractivity contribution is -0.388. The van der Waals surface area contributed by atoms with E-state index in [0.29, 0.717) is 0 Å². The van der Waals surface area contributed by atoms with Gasteiger partial charge in [-0.2, -0.15) is 12.9 Å². The molecule has 6 rings (SSSR count). The summed E-state index contributed by atoms with van der Waals surface area (Å²) >= 11 is 0. The van der Waals surface area contributed by atoms with Crippen LogP contribution in [0.1, 0.15) is 22.8 Å². The number of sulfonamides is 3. The standard InChI is InChI=1S/C37H37N9O12S3/c1-40-20-22-41(59(53,54)35-17-5-2-14-32(35)44(47)48)24-28-10-8-12-30(38-28)26-43(61(57,58)37-19-7-4-16-34(37)46(51)52)27-31-13-9-11-29(39-31)25-42(23-21-40)60(55,56)36-18-6-3-15-33(36)45(49)50/h2-19H,20-27H2,1H3. The first-order valence-corrected chi connectivity index (χ1v) is 22.5. The molecule has 320 valence electrons. The minimum Gasteiger partial charge on any atom is -0.304 e. The van der Waals surface area contributed by atoms with Gasteiger partial charge in [-0.1, -0.05) is 48.5 Å². The Labute approximate surface area is 350 Å². The Hall–Kier alpha value is -6.15. The fourth-order valence-electron chi connectivity index (χ4n) is 6.50. The van der Waals surface area contributed by atoms with Crippen LogP contribution >= 0.6 is 0 Å². The lowest BCUT2D eigenvalue weighted by Crippen LogP contribution is -2.41. The number of nitrogens with zero attached hydrogens (tertiary/aromatic N) is 9. The third-order valence-electron chi connectivity index (χ3n) is 9.58. The quantitative estimate of drug-likeness (QED) is 0.150. The Morgan fingerprint density at radius 3 is 1.02 bits per heavy atom. The molecule has 0 radical (unpaired) electrons. The van der Waals surface area contributed by atoms with Gasteiger partial charge in [0.05, 0.1) is 63.7 Å². The second kappa shape index (κ2) is 18.2. The highest BCUT2D eigenvalue weighted by atomic mass is 32.2. The van der Waals surface area contributed by atoms with Gasteiger partial charge in [0.1, 0.15) is 0 Å². The molecule has 0 spiro atoms. The highest BCUT2D eigenvalue weighted by Crippen LogP contribution is 2.31. The second-order valence-corrected chi connectivity index (χ2v) is 19.4. The van der Waals surface area contributed by atoms with Gasteiger partial charge in [0.15, 0.2) is 14.7 Å². The van der Waals surface area contributed by atoms with Crippen molar-refractivity contribution in [3.8, 4) is 0 Å². The number of hydrogen-bond acceptors (Lipinski definition) is 15. The van der Waals surface area contributed by atoms with E-state index >= 15 is 0 Å². The van der Waals surface area contributed by atoms with Crippen LogP contribution in [0, 0.1) is 30.3 Å². The molecule has 21 nitrogen and oxygen atoms in total. The zero-order chi connectivity index (χ0) is 44.1. The predicted octanol–water partition coefficient (Wildman–Crippen LogP) is 3.92. The van der Waals surface area contributed by atoms with Crippen LogP contribution in [0.5, 0.6) is 0 Å². The van der Waals surface area contributed by atoms with Gasteiger partial charge >= 0.3 is 0 Å². The summed E-state index contributed by atoms with van der Waals surface area (Å²) in [7, 11) is -12.4. The number of fused-ring (bicyclic) bond motifs is 4. The summed E-state index contributed by atoms with van der Waals surface area (Å²) in [6.45, 7) is -2.60. The number of hydrogen-bond donors (Lipinski definition) is 0. The maximum atomic E-state index is 14.4. The Morgan fingerprint density at radius 1 is 0.426 bits per heavy atom. The maximum absolute atomic E-state index is 14.4. The van der Waals surface area contributed by atoms with Crippen LogP contribution in [0.2, 0.25) is 0 Å². The molecule has 0 fully saturated rings. The average Bonchev–Trinajstić information content (AvgIpc) is 3.23. The van der Waals surface area contributed by atoms with Crippen LogP contribution in [0.3, 0.4) is 0 Å². The molecule has 3 aromatic carbocycles. The molecule has 0 saturated heterocycles. The van der Waals surface area contributed by atoms with Crippen molar-refractivity contribution in [2.45, 2.75) is 40.9 Å². The number of pyridine rings is 2.